The zero-order valence-electron chi connectivity index (χ0n) is 13.3. The Kier molecular flexibility index (Phi) is 4.15. The average Bonchev–Trinajstić information content (AvgIpc) is 2.77. The van der Waals surface area contributed by atoms with Gasteiger partial charge in [-0.05, 0) is 40.7 Å². The first-order valence-electron chi connectivity index (χ1n) is 7.70. The molecule has 0 spiro atoms. The minimum atomic E-state index is -4.42. The van der Waals surface area contributed by atoms with Crippen LogP contribution in [0.5, 0.6) is 0 Å². The predicted molar refractivity (Wildman–Crippen MR) is 86.9 cm³/mol. The SMILES string of the molecule is CC1(C)CC(c2ccccc2C(F)(F)F)c2cc(CCl)c(F)cc21. The number of hydrogen-bond acceptors (Lipinski definition) is 0. The zero-order valence-corrected chi connectivity index (χ0v) is 14.1. The van der Waals surface area contributed by atoms with Crippen LogP contribution in [0.3, 0.4) is 0 Å². The quantitative estimate of drug-likeness (QED) is 0.431. The number of hydrogen-bond donors (Lipinski definition) is 0. The van der Waals surface area contributed by atoms with Gasteiger partial charge >= 0.3 is 6.18 Å². The first kappa shape index (κ1) is 17.3. The van der Waals surface area contributed by atoms with Crippen LogP contribution in [0.2, 0.25) is 0 Å². The van der Waals surface area contributed by atoms with Gasteiger partial charge in [0, 0.05) is 11.5 Å². The van der Waals surface area contributed by atoms with Crippen molar-refractivity contribution in [3.63, 3.8) is 0 Å². The third-order valence-electron chi connectivity index (χ3n) is 4.82. The molecule has 5 heteroatoms. The van der Waals surface area contributed by atoms with Crippen LogP contribution in [-0.2, 0) is 17.5 Å². The molecule has 1 unspecified atom stereocenters. The zero-order chi connectivity index (χ0) is 17.7. The van der Waals surface area contributed by atoms with Gasteiger partial charge in [-0.3, -0.25) is 0 Å². The van der Waals surface area contributed by atoms with E-state index in [-0.39, 0.29) is 11.4 Å². The van der Waals surface area contributed by atoms with E-state index in [1.165, 1.54) is 18.2 Å². The van der Waals surface area contributed by atoms with Crippen LogP contribution in [0, 0.1) is 5.82 Å². The molecule has 1 atom stereocenters. The Morgan fingerprint density at radius 1 is 1.12 bits per heavy atom. The van der Waals surface area contributed by atoms with E-state index in [9.17, 15) is 17.6 Å². The average molecular weight is 357 g/mol. The molecule has 0 heterocycles. The van der Waals surface area contributed by atoms with Crippen molar-refractivity contribution in [1.29, 1.82) is 0 Å². The molecule has 0 radical (unpaired) electrons. The number of fused-ring (bicyclic) bond motifs is 1. The summed E-state index contributed by atoms with van der Waals surface area (Å²) in [5.74, 6) is -0.829. The van der Waals surface area contributed by atoms with Gasteiger partial charge in [0.15, 0.2) is 0 Å². The van der Waals surface area contributed by atoms with E-state index in [0.29, 0.717) is 12.0 Å². The van der Waals surface area contributed by atoms with Gasteiger partial charge in [0.25, 0.3) is 0 Å². The third kappa shape index (κ3) is 2.81. The molecule has 0 amide bonds. The van der Waals surface area contributed by atoms with Crippen molar-refractivity contribution in [1.82, 2.24) is 0 Å². The second-order valence-corrected chi connectivity index (χ2v) is 7.16. The maximum absolute atomic E-state index is 14.1. The summed E-state index contributed by atoms with van der Waals surface area (Å²) in [7, 11) is 0. The molecular formula is C19H17ClF4. The van der Waals surface area contributed by atoms with Crippen LogP contribution in [0.4, 0.5) is 17.6 Å². The molecule has 0 aliphatic heterocycles. The molecular weight excluding hydrogens is 340 g/mol. The fourth-order valence-corrected chi connectivity index (χ4v) is 3.89. The summed E-state index contributed by atoms with van der Waals surface area (Å²) in [4.78, 5) is 0. The van der Waals surface area contributed by atoms with Gasteiger partial charge in [0.1, 0.15) is 5.82 Å². The van der Waals surface area contributed by atoms with Gasteiger partial charge < -0.3 is 0 Å². The van der Waals surface area contributed by atoms with Gasteiger partial charge in [0.05, 0.1) is 11.4 Å². The van der Waals surface area contributed by atoms with E-state index in [1.807, 2.05) is 13.8 Å². The lowest BCUT2D eigenvalue weighted by Crippen LogP contribution is -2.14. The lowest BCUT2D eigenvalue weighted by Gasteiger charge is -2.21. The van der Waals surface area contributed by atoms with Crippen molar-refractivity contribution >= 4 is 11.6 Å². The first-order chi connectivity index (χ1) is 11.1. The van der Waals surface area contributed by atoms with Crippen molar-refractivity contribution in [3.8, 4) is 0 Å². The molecule has 2 aromatic rings. The van der Waals surface area contributed by atoms with E-state index < -0.39 is 28.9 Å². The molecule has 0 saturated heterocycles. The molecule has 1 aliphatic carbocycles. The smallest absolute Gasteiger partial charge is 0.207 e. The summed E-state index contributed by atoms with van der Waals surface area (Å²) >= 11 is 5.78. The van der Waals surface area contributed by atoms with E-state index in [0.717, 1.165) is 17.2 Å². The van der Waals surface area contributed by atoms with Crippen molar-refractivity contribution in [3.05, 3.63) is 70.0 Å². The molecule has 0 saturated carbocycles. The summed E-state index contributed by atoms with van der Waals surface area (Å²) in [5, 5.41) is 0. The lowest BCUT2D eigenvalue weighted by molar-refractivity contribution is -0.138. The van der Waals surface area contributed by atoms with Gasteiger partial charge in [-0.1, -0.05) is 38.1 Å². The van der Waals surface area contributed by atoms with Crippen LogP contribution < -0.4 is 0 Å². The van der Waals surface area contributed by atoms with Crippen molar-refractivity contribution < 1.29 is 17.6 Å². The molecule has 0 nitrogen and oxygen atoms in total. The Labute approximate surface area is 143 Å². The summed E-state index contributed by atoms with van der Waals surface area (Å²) in [6, 6.07) is 8.69. The molecule has 2 aromatic carbocycles. The highest BCUT2D eigenvalue weighted by molar-refractivity contribution is 6.17. The van der Waals surface area contributed by atoms with Gasteiger partial charge in [0.2, 0.25) is 0 Å². The number of rotatable bonds is 2. The second kappa shape index (κ2) is 5.76. The van der Waals surface area contributed by atoms with Crippen LogP contribution >= 0.6 is 11.6 Å². The fraction of sp³-hybridized carbons (Fsp3) is 0.368. The molecule has 0 bridgehead atoms. The molecule has 1 aliphatic rings. The summed E-state index contributed by atoms with van der Waals surface area (Å²) < 4.78 is 54.3. The first-order valence-corrected chi connectivity index (χ1v) is 8.23. The maximum atomic E-state index is 14.1. The van der Waals surface area contributed by atoms with Gasteiger partial charge in [-0.25, -0.2) is 4.39 Å². The number of benzene rings is 2. The van der Waals surface area contributed by atoms with E-state index in [1.54, 1.807) is 12.1 Å². The highest BCUT2D eigenvalue weighted by Gasteiger charge is 2.42. The van der Waals surface area contributed by atoms with E-state index in [2.05, 4.69) is 0 Å². The summed E-state index contributed by atoms with van der Waals surface area (Å²) in [5.41, 5.74) is 1.04. The standard InChI is InChI=1S/C19H17ClF4/c1-18(2)9-14(12-5-3-4-6-15(12)19(22,23)24)13-7-11(10-20)17(21)8-16(13)18/h3-8,14H,9-10H2,1-2H3. The van der Waals surface area contributed by atoms with E-state index in [4.69, 9.17) is 11.6 Å². The highest BCUT2D eigenvalue weighted by Crippen LogP contribution is 2.51. The number of halogens is 5. The molecule has 3 rings (SSSR count). The van der Waals surface area contributed by atoms with Crippen LogP contribution in [0.15, 0.2) is 36.4 Å². The Balaban J connectivity index is 2.21. The molecule has 128 valence electrons. The minimum Gasteiger partial charge on any atom is -0.207 e. The third-order valence-corrected chi connectivity index (χ3v) is 5.11. The highest BCUT2D eigenvalue weighted by atomic mass is 35.5. The monoisotopic (exact) mass is 356 g/mol. The molecule has 0 aromatic heterocycles. The van der Waals surface area contributed by atoms with Crippen molar-refractivity contribution in [2.24, 2.45) is 0 Å². The van der Waals surface area contributed by atoms with Crippen molar-refractivity contribution in [2.45, 2.75) is 43.7 Å². The largest absolute Gasteiger partial charge is 0.416 e. The Morgan fingerprint density at radius 2 is 1.79 bits per heavy atom. The normalized spacial score (nSPS) is 19.4. The van der Waals surface area contributed by atoms with Crippen molar-refractivity contribution in [2.75, 3.05) is 0 Å². The Hall–Kier alpha value is -1.55. The van der Waals surface area contributed by atoms with E-state index >= 15 is 0 Å². The fourth-order valence-electron chi connectivity index (χ4n) is 3.68. The topological polar surface area (TPSA) is 0 Å². The lowest BCUT2D eigenvalue weighted by atomic mass is 9.84. The molecule has 0 fully saturated rings. The molecule has 0 N–H and O–H groups in total. The number of alkyl halides is 4. The summed E-state index contributed by atoms with van der Waals surface area (Å²) in [6.07, 6.45) is -3.92. The molecule has 24 heavy (non-hydrogen) atoms. The maximum Gasteiger partial charge on any atom is 0.416 e. The minimum absolute atomic E-state index is 0.00677. The summed E-state index contributed by atoms with van der Waals surface area (Å²) in [6.45, 7) is 3.86. The van der Waals surface area contributed by atoms with Gasteiger partial charge in [-0.2, -0.15) is 13.2 Å². The second-order valence-electron chi connectivity index (χ2n) is 6.89. The van der Waals surface area contributed by atoms with Gasteiger partial charge in [-0.15, -0.1) is 11.6 Å². The Bertz CT molecular complexity index is 777. The van der Waals surface area contributed by atoms with Crippen LogP contribution in [0.25, 0.3) is 0 Å². The predicted octanol–water partition coefficient (Wildman–Crippen LogP) is 6.40. The van der Waals surface area contributed by atoms with Crippen LogP contribution in [-0.4, -0.2) is 0 Å². The van der Waals surface area contributed by atoms with Crippen LogP contribution in [0.1, 0.15) is 54.0 Å². The Morgan fingerprint density at radius 3 is 2.42 bits per heavy atom.